The molecule has 172 valence electrons. The van der Waals surface area contributed by atoms with Crippen LogP contribution in [0.1, 0.15) is 0 Å². The molecular formula is C33H18N2OS. The number of hydrogen-bond donors (Lipinski definition) is 0. The predicted molar refractivity (Wildman–Crippen MR) is 156 cm³/mol. The van der Waals surface area contributed by atoms with Crippen molar-refractivity contribution in [1.82, 2.24) is 9.55 Å². The zero-order valence-corrected chi connectivity index (χ0v) is 20.4. The van der Waals surface area contributed by atoms with Crippen LogP contribution in [0.25, 0.3) is 80.6 Å². The second-order valence-corrected chi connectivity index (χ2v) is 10.6. The Bertz CT molecular complexity index is 2370. The molecule has 0 aliphatic carbocycles. The van der Waals surface area contributed by atoms with Crippen LogP contribution in [-0.4, -0.2) is 9.55 Å². The minimum atomic E-state index is 0.879. The molecule has 9 aromatic rings. The van der Waals surface area contributed by atoms with E-state index in [1.54, 1.807) is 11.3 Å². The molecule has 0 fully saturated rings. The molecule has 0 N–H and O–H groups in total. The minimum absolute atomic E-state index is 0.879. The number of hydrogen-bond acceptors (Lipinski definition) is 3. The second kappa shape index (κ2) is 6.96. The maximum absolute atomic E-state index is 6.16. The largest absolute Gasteiger partial charge is 0.456 e. The van der Waals surface area contributed by atoms with Crippen molar-refractivity contribution >= 4 is 86.8 Å². The standard InChI is InChI=1S/C33H18N2OS/c1-2-9-21-18-26-24(17-20(21)8-1)30-22-10-4-3-7-19(22)13-14-25(30)35(26)33-34-32-29(37-33)16-15-28-31(32)23-11-5-6-12-27(23)36-28/h1-18H. The first-order valence-corrected chi connectivity index (χ1v) is 13.2. The molecule has 6 aromatic carbocycles. The van der Waals surface area contributed by atoms with E-state index in [2.05, 4.69) is 102 Å². The third kappa shape index (κ3) is 2.57. The average Bonchev–Trinajstić information content (AvgIpc) is 3.62. The minimum Gasteiger partial charge on any atom is -0.456 e. The van der Waals surface area contributed by atoms with E-state index in [-0.39, 0.29) is 0 Å². The van der Waals surface area contributed by atoms with Crippen LogP contribution in [0, 0.1) is 0 Å². The molecule has 0 atom stereocenters. The van der Waals surface area contributed by atoms with Crippen LogP contribution in [-0.2, 0) is 0 Å². The molecule has 0 radical (unpaired) electrons. The summed E-state index contributed by atoms with van der Waals surface area (Å²) in [5, 5.41) is 10.7. The molecule has 0 spiro atoms. The molecule has 37 heavy (non-hydrogen) atoms. The summed E-state index contributed by atoms with van der Waals surface area (Å²) in [4.78, 5) is 5.29. The molecule has 0 bridgehead atoms. The van der Waals surface area contributed by atoms with Crippen molar-refractivity contribution in [3.63, 3.8) is 0 Å². The van der Waals surface area contributed by atoms with E-state index in [9.17, 15) is 0 Å². The third-order valence-electron chi connectivity index (χ3n) is 7.60. The van der Waals surface area contributed by atoms with Crippen molar-refractivity contribution < 1.29 is 4.42 Å². The van der Waals surface area contributed by atoms with Crippen molar-refractivity contribution in [3.05, 3.63) is 109 Å². The molecule has 3 aromatic heterocycles. The smallest absolute Gasteiger partial charge is 0.195 e. The predicted octanol–water partition coefficient (Wildman–Crippen LogP) is 9.60. The first-order chi connectivity index (χ1) is 18.3. The van der Waals surface area contributed by atoms with Crippen molar-refractivity contribution in [2.45, 2.75) is 0 Å². The lowest BCUT2D eigenvalue weighted by molar-refractivity contribution is 0.669. The van der Waals surface area contributed by atoms with Crippen molar-refractivity contribution in [2.24, 2.45) is 0 Å². The highest BCUT2D eigenvalue weighted by Gasteiger charge is 2.20. The number of para-hydroxylation sites is 1. The summed E-state index contributed by atoms with van der Waals surface area (Å²) in [6, 6.07) is 38.8. The van der Waals surface area contributed by atoms with Crippen LogP contribution < -0.4 is 0 Å². The van der Waals surface area contributed by atoms with E-state index >= 15 is 0 Å². The zero-order chi connectivity index (χ0) is 24.1. The van der Waals surface area contributed by atoms with E-state index < -0.39 is 0 Å². The molecule has 3 heterocycles. The summed E-state index contributed by atoms with van der Waals surface area (Å²) >= 11 is 1.73. The highest BCUT2D eigenvalue weighted by molar-refractivity contribution is 7.21. The van der Waals surface area contributed by atoms with Crippen molar-refractivity contribution in [3.8, 4) is 5.13 Å². The maximum atomic E-state index is 6.16. The maximum Gasteiger partial charge on any atom is 0.195 e. The normalized spacial score (nSPS) is 12.3. The Kier molecular flexibility index (Phi) is 3.67. The lowest BCUT2D eigenvalue weighted by Gasteiger charge is -2.04. The van der Waals surface area contributed by atoms with Crippen LogP contribution in [0.3, 0.4) is 0 Å². The number of nitrogens with zero attached hydrogens (tertiary/aromatic N) is 2. The molecule has 0 amide bonds. The van der Waals surface area contributed by atoms with E-state index in [4.69, 9.17) is 9.40 Å². The Labute approximate surface area is 214 Å². The van der Waals surface area contributed by atoms with Gasteiger partial charge in [-0.05, 0) is 57.9 Å². The van der Waals surface area contributed by atoms with Crippen molar-refractivity contribution in [2.75, 3.05) is 0 Å². The number of thiazole rings is 1. The molecule has 3 nitrogen and oxygen atoms in total. The Morgan fingerprint density at radius 3 is 2.22 bits per heavy atom. The van der Waals surface area contributed by atoms with Gasteiger partial charge in [0.1, 0.15) is 11.2 Å². The molecular weight excluding hydrogens is 472 g/mol. The van der Waals surface area contributed by atoms with Crippen LogP contribution in [0.15, 0.2) is 114 Å². The van der Waals surface area contributed by atoms with Gasteiger partial charge in [0.05, 0.1) is 26.6 Å². The molecule has 0 saturated carbocycles. The summed E-state index contributed by atoms with van der Waals surface area (Å²) in [5.41, 5.74) is 5.13. The van der Waals surface area contributed by atoms with Crippen molar-refractivity contribution in [1.29, 1.82) is 0 Å². The van der Waals surface area contributed by atoms with E-state index in [1.165, 1.54) is 43.4 Å². The van der Waals surface area contributed by atoms with Crippen LogP contribution in [0.5, 0.6) is 0 Å². The van der Waals surface area contributed by atoms with E-state index in [0.717, 1.165) is 37.3 Å². The fourth-order valence-electron chi connectivity index (χ4n) is 5.96. The number of fused-ring (bicyclic) bond motifs is 11. The van der Waals surface area contributed by atoms with Gasteiger partial charge in [-0.25, -0.2) is 4.98 Å². The Morgan fingerprint density at radius 1 is 0.568 bits per heavy atom. The van der Waals surface area contributed by atoms with Gasteiger partial charge in [-0.15, -0.1) is 0 Å². The molecule has 0 aliphatic heterocycles. The van der Waals surface area contributed by atoms with Gasteiger partial charge < -0.3 is 4.42 Å². The quantitative estimate of drug-likeness (QED) is 0.229. The number of furan rings is 1. The fraction of sp³-hybridized carbons (Fsp3) is 0. The van der Waals surface area contributed by atoms with E-state index in [0.29, 0.717) is 0 Å². The summed E-state index contributed by atoms with van der Waals surface area (Å²) in [6.07, 6.45) is 0. The van der Waals surface area contributed by atoms with Gasteiger partial charge in [-0.3, -0.25) is 4.57 Å². The third-order valence-corrected chi connectivity index (χ3v) is 8.61. The monoisotopic (exact) mass is 490 g/mol. The van der Waals surface area contributed by atoms with E-state index in [1.807, 2.05) is 12.1 Å². The number of rotatable bonds is 1. The molecule has 9 rings (SSSR count). The van der Waals surface area contributed by atoms with Gasteiger partial charge in [0.2, 0.25) is 0 Å². The highest BCUT2D eigenvalue weighted by atomic mass is 32.1. The van der Waals surface area contributed by atoms with Crippen LogP contribution >= 0.6 is 11.3 Å². The van der Waals surface area contributed by atoms with Gasteiger partial charge in [0.15, 0.2) is 5.13 Å². The highest BCUT2D eigenvalue weighted by Crippen LogP contribution is 2.42. The summed E-state index contributed by atoms with van der Waals surface area (Å²) in [6.45, 7) is 0. The summed E-state index contributed by atoms with van der Waals surface area (Å²) < 4.78 is 9.66. The topological polar surface area (TPSA) is 31.0 Å². The van der Waals surface area contributed by atoms with Crippen LogP contribution in [0.4, 0.5) is 0 Å². The first kappa shape index (κ1) is 19.5. The first-order valence-electron chi connectivity index (χ1n) is 12.4. The molecule has 0 aliphatic rings. The SMILES string of the molecule is c1ccc2cc3c(cc2c1)c1c2ccccc2ccc1n3-c1nc2c(ccc3oc4ccccc4c32)s1. The average molecular weight is 491 g/mol. The second-order valence-electron chi connectivity index (χ2n) is 9.61. The number of benzene rings is 6. The molecule has 0 saturated heterocycles. The lowest BCUT2D eigenvalue weighted by Crippen LogP contribution is -1.92. The summed E-state index contributed by atoms with van der Waals surface area (Å²) in [5.74, 6) is 0. The molecule has 0 unspecified atom stereocenters. The van der Waals surface area contributed by atoms with Gasteiger partial charge in [0, 0.05) is 16.2 Å². The van der Waals surface area contributed by atoms with Crippen LogP contribution in [0.2, 0.25) is 0 Å². The van der Waals surface area contributed by atoms with Gasteiger partial charge in [-0.1, -0.05) is 84.1 Å². The fourth-order valence-corrected chi connectivity index (χ4v) is 6.97. The van der Waals surface area contributed by atoms with Gasteiger partial charge in [0.25, 0.3) is 0 Å². The lowest BCUT2D eigenvalue weighted by atomic mass is 10.0. The Morgan fingerprint density at radius 2 is 1.32 bits per heavy atom. The van der Waals surface area contributed by atoms with Gasteiger partial charge >= 0.3 is 0 Å². The number of aromatic nitrogens is 2. The molecule has 4 heteroatoms. The zero-order valence-electron chi connectivity index (χ0n) is 19.6. The van der Waals surface area contributed by atoms with Gasteiger partial charge in [-0.2, -0.15) is 0 Å². The Balaban J connectivity index is 1.46. The summed E-state index contributed by atoms with van der Waals surface area (Å²) in [7, 11) is 0. The Hall–Kier alpha value is -4.67.